The molecule has 0 bridgehead atoms. The lowest BCUT2D eigenvalue weighted by molar-refractivity contribution is 0.122. The van der Waals surface area contributed by atoms with Crippen LogP contribution in [0.1, 0.15) is 43.9 Å². The third-order valence-electron chi connectivity index (χ3n) is 7.92. The minimum absolute atomic E-state index is 0.00290. The molecule has 11 nitrogen and oxygen atoms in total. The summed E-state index contributed by atoms with van der Waals surface area (Å²) in [5, 5.41) is 2.65. The fourth-order valence-corrected chi connectivity index (χ4v) is 6.04. The molecule has 2 amide bonds. The van der Waals surface area contributed by atoms with E-state index in [1.807, 2.05) is 19.9 Å². The number of hydrogen-bond acceptors (Lipinski definition) is 8. The van der Waals surface area contributed by atoms with E-state index < -0.39 is 27.7 Å². The number of nitrogens with one attached hydrogen (secondary N) is 2. The number of carbonyl (C=O) groups excluding carboxylic acids is 1. The third-order valence-corrected chi connectivity index (χ3v) is 8.52. The maximum atomic E-state index is 14.7. The van der Waals surface area contributed by atoms with Gasteiger partial charge in [0.05, 0.1) is 23.7 Å². The number of carbonyl (C=O) groups is 1. The number of amides is 2. The summed E-state index contributed by atoms with van der Waals surface area (Å²) in [6, 6.07) is 11.8. The molecule has 0 spiro atoms. The van der Waals surface area contributed by atoms with Gasteiger partial charge in [-0.2, -0.15) is 0 Å². The number of sulfonamides is 1. The standard InChI is InChI=1S/C33H38F2N6O5S/c1-4-5-15-41(33(42)38-30-19-27(28(34)20-29(30)35)32-36-14-18-45-32)25-12-16-40(17-13-25)21-23-6-11-31(37-22(23)2)46-26-9-7-24(8-10-26)39-47(3,43)44/h6-11,14,18-20,25,39H,4-5,12-13,15-17,21H2,1-3H3,(H,38,42). The van der Waals surface area contributed by atoms with Gasteiger partial charge < -0.3 is 19.4 Å². The zero-order valence-corrected chi connectivity index (χ0v) is 27.3. The molecule has 2 N–H and O–H groups in total. The minimum atomic E-state index is -3.36. The van der Waals surface area contributed by atoms with Gasteiger partial charge in [-0.25, -0.2) is 32.0 Å². The summed E-state index contributed by atoms with van der Waals surface area (Å²) in [6.07, 6.45) is 6.91. The number of nitrogens with zero attached hydrogens (tertiary/aromatic N) is 4. The van der Waals surface area contributed by atoms with Crippen molar-refractivity contribution in [3.8, 4) is 23.1 Å². The summed E-state index contributed by atoms with van der Waals surface area (Å²) in [4.78, 5) is 26.1. The van der Waals surface area contributed by atoms with Crippen molar-refractivity contribution in [2.75, 3.05) is 35.9 Å². The van der Waals surface area contributed by atoms with Crippen LogP contribution in [0.3, 0.4) is 0 Å². The molecular weight excluding hydrogens is 630 g/mol. The van der Waals surface area contributed by atoms with E-state index >= 15 is 0 Å². The number of pyridine rings is 1. The van der Waals surface area contributed by atoms with E-state index in [-0.39, 0.29) is 23.2 Å². The van der Waals surface area contributed by atoms with E-state index in [1.54, 1.807) is 35.2 Å². The van der Waals surface area contributed by atoms with Crippen LogP contribution in [0.4, 0.5) is 25.0 Å². The zero-order valence-electron chi connectivity index (χ0n) is 26.5. The van der Waals surface area contributed by atoms with Crippen LogP contribution in [-0.2, 0) is 16.6 Å². The molecule has 14 heteroatoms. The van der Waals surface area contributed by atoms with Crippen LogP contribution in [0.25, 0.3) is 11.5 Å². The lowest BCUT2D eigenvalue weighted by Gasteiger charge is -2.38. The number of anilines is 2. The molecule has 0 saturated carbocycles. The highest BCUT2D eigenvalue weighted by atomic mass is 32.2. The number of halogens is 2. The van der Waals surface area contributed by atoms with Crippen LogP contribution in [-0.4, -0.2) is 66.1 Å². The third kappa shape index (κ3) is 9.04. The van der Waals surface area contributed by atoms with Gasteiger partial charge in [0.15, 0.2) is 0 Å². The average Bonchev–Trinajstić information content (AvgIpc) is 3.56. The van der Waals surface area contributed by atoms with E-state index in [9.17, 15) is 22.0 Å². The Hall–Kier alpha value is -4.56. The van der Waals surface area contributed by atoms with Gasteiger partial charge in [-0.1, -0.05) is 19.4 Å². The number of hydrogen-bond donors (Lipinski definition) is 2. The van der Waals surface area contributed by atoms with E-state index in [2.05, 4.69) is 24.9 Å². The van der Waals surface area contributed by atoms with E-state index in [1.165, 1.54) is 18.5 Å². The number of urea groups is 1. The van der Waals surface area contributed by atoms with Gasteiger partial charge in [0.25, 0.3) is 0 Å². The van der Waals surface area contributed by atoms with Crippen LogP contribution in [0.15, 0.2) is 65.4 Å². The fraction of sp³-hybridized carbons (Fsp3) is 0.364. The van der Waals surface area contributed by atoms with Crippen molar-refractivity contribution in [2.24, 2.45) is 0 Å². The number of rotatable bonds is 12. The molecule has 5 rings (SSSR count). The summed E-state index contributed by atoms with van der Waals surface area (Å²) in [7, 11) is -3.36. The number of oxazole rings is 1. The molecule has 1 aliphatic heterocycles. The molecule has 4 aromatic rings. The van der Waals surface area contributed by atoms with Crippen LogP contribution < -0.4 is 14.8 Å². The quantitative estimate of drug-likeness (QED) is 0.169. The summed E-state index contributed by atoms with van der Waals surface area (Å²) >= 11 is 0. The van der Waals surface area contributed by atoms with E-state index in [0.29, 0.717) is 30.4 Å². The maximum absolute atomic E-state index is 14.7. The summed E-state index contributed by atoms with van der Waals surface area (Å²) in [5.74, 6) is -0.758. The molecule has 1 fully saturated rings. The van der Waals surface area contributed by atoms with Gasteiger partial charge >= 0.3 is 6.03 Å². The Balaban J connectivity index is 1.18. The monoisotopic (exact) mass is 668 g/mol. The van der Waals surface area contributed by atoms with Crippen molar-refractivity contribution >= 4 is 27.4 Å². The molecular formula is C33H38F2N6O5S. The number of ether oxygens (including phenoxy) is 1. The van der Waals surface area contributed by atoms with Gasteiger partial charge in [0, 0.05) is 55.7 Å². The first kappa shape index (κ1) is 33.8. The Morgan fingerprint density at radius 1 is 1.11 bits per heavy atom. The van der Waals surface area contributed by atoms with Gasteiger partial charge in [-0.05, 0) is 62.1 Å². The van der Waals surface area contributed by atoms with Crippen LogP contribution in [0.2, 0.25) is 0 Å². The van der Waals surface area contributed by atoms with Crippen molar-refractivity contribution in [2.45, 2.75) is 52.1 Å². The summed E-state index contributed by atoms with van der Waals surface area (Å²) in [5.41, 5.74) is 2.14. The van der Waals surface area contributed by atoms with Crippen molar-refractivity contribution in [1.29, 1.82) is 0 Å². The van der Waals surface area contributed by atoms with Crippen molar-refractivity contribution in [3.63, 3.8) is 0 Å². The average molecular weight is 669 g/mol. The van der Waals surface area contributed by atoms with Crippen molar-refractivity contribution in [1.82, 2.24) is 19.8 Å². The molecule has 2 aromatic carbocycles. The predicted octanol–water partition coefficient (Wildman–Crippen LogP) is 6.79. The molecule has 47 heavy (non-hydrogen) atoms. The number of unbranched alkanes of at least 4 members (excludes halogenated alkanes) is 1. The molecule has 2 aromatic heterocycles. The van der Waals surface area contributed by atoms with Gasteiger partial charge in [0.1, 0.15) is 23.6 Å². The summed E-state index contributed by atoms with van der Waals surface area (Å²) in [6.45, 7) is 6.68. The SMILES string of the molecule is CCCCN(C(=O)Nc1cc(-c2ncco2)c(F)cc1F)C1CCN(Cc2ccc(Oc3ccc(NS(C)(=O)=O)cc3)nc2C)CC1. The second-order valence-corrected chi connectivity index (χ2v) is 13.3. The number of aromatic nitrogens is 2. The fourth-order valence-electron chi connectivity index (χ4n) is 5.48. The first-order valence-corrected chi connectivity index (χ1v) is 17.3. The number of benzene rings is 2. The molecule has 1 aliphatic rings. The largest absolute Gasteiger partial charge is 0.444 e. The first-order valence-electron chi connectivity index (χ1n) is 15.4. The van der Waals surface area contributed by atoms with Gasteiger partial charge in [-0.15, -0.1) is 0 Å². The van der Waals surface area contributed by atoms with Crippen LogP contribution >= 0.6 is 0 Å². The Bertz CT molecular complexity index is 1780. The van der Waals surface area contributed by atoms with Crippen LogP contribution in [0, 0.1) is 18.6 Å². The zero-order chi connectivity index (χ0) is 33.6. The molecule has 0 unspecified atom stereocenters. The van der Waals surface area contributed by atoms with Crippen molar-refractivity contribution in [3.05, 3.63) is 83.9 Å². The molecule has 0 radical (unpaired) electrons. The number of piperidine rings is 1. The van der Waals surface area contributed by atoms with E-state index in [4.69, 9.17) is 9.15 Å². The summed E-state index contributed by atoms with van der Waals surface area (Å²) < 4.78 is 65.4. The Morgan fingerprint density at radius 3 is 2.49 bits per heavy atom. The van der Waals surface area contributed by atoms with Crippen molar-refractivity contribution < 1.29 is 31.1 Å². The smallest absolute Gasteiger partial charge is 0.322 e. The Labute approximate surface area is 273 Å². The molecule has 250 valence electrons. The predicted molar refractivity (Wildman–Crippen MR) is 175 cm³/mol. The Morgan fingerprint density at radius 2 is 1.85 bits per heavy atom. The maximum Gasteiger partial charge on any atom is 0.322 e. The molecule has 0 atom stereocenters. The lowest BCUT2D eigenvalue weighted by atomic mass is 10.0. The van der Waals surface area contributed by atoms with E-state index in [0.717, 1.165) is 62.4 Å². The highest BCUT2D eigenvalue weighted by Gasteiger charge is 2.29. The second-order valence-electron chi connectivity index (χ2n) is 11.5. The minimum Gasteiger partial charge on any atom is -0.444 e. The number of aryl methyl sites for hydroxylation is 1. The Kier molecular flexibility index (Phi) is 10.7. The second kappa shape index (κ2) is 14.9. The van der Waals surface area contributed by atoms with Gasteiger partial charge in [-0.3, -0.25) is 9.62 Å². The topological polar surface area (TPSA) is 130 Å². The number of likely N-dealkylation sites (tertiary alicyclic amines) is 1. The lowest BCUT2D eigenvalue weighted by Crippen LogP contribution is -2.49. The van der Waals surface area contributed by atoms with Crippen LogP contribution in [0.5, 0.6) is 11.6 Å². The first-order chi connectivity index (χ1) is 22.5. The normalized spacial score (nSPS) is 14.1. The highest BCUT2D eigenvalue weighted by Crippen LogP contribution is 2.29. The molecule has 3 heterocycles. The van der Waals surface area contributed by atoms with Gasteiger partial charge in [0.2, 0.25) is 21.8 Å². The molecule has 0 aliphatic carbocycles. The highest BCUT2D eigenvalue weighted by molar-refractivity contribution is 7.92. The molecule has 1 saturated heterocycles.